The van der Waals surface area contributed by atoms with Crippen molar-refractivity contribution in [2.24, 2.45) is 0 Å². The van der Waals surface area contributed by atoms with Gasteiger partial charge in [-0.15, -0.1) is 0 Å². The minimum absolute atomic E-state index is 0.0664. The van der Waals surface area contributed by atoms with Crippen molar-refractivity contribution in [3.63, 3.8) is 0 Å². The highest BCUT2D eigenvalue weighted by Gasteiger charge is 2.07. The van der Waals surface area contributed by atoms with Crippen LogP contribution in [0.1, 0.15) is 36.2 Å². The Morgan fingerprint density at radius 3 is 2.68 bits per heavy atom. The monoisotopic (exact) mass is 265 g/mol. The maximum absolute atomic E-state index is 11.8. The molecule has 0 spiro atoms. The molecule has 1 N–H and O–H groups in total. The van der Waals surface area contributed by atoms with E-state index in [0.29, 0.717) is 12.2 Å². The highest BCUT2D eigenvalue weighted by atomic mass is 16.5. The van der Waals surface area contributed by atoms with Gasteiger partial charge in [0.05, 0.1) is 18.8 Å². The molecule has 0 saturated carbocycles. The van der Waals surface area contributed by atoms with Crippen LogP contribution in [0.4, 0.5) is 0 Å². The Kier molecular flexibility index (Phi) is 7.15. The number of nitrogens with zero attached hydrogens (tertiary/aromatic N) is 1. The van der Waals surface area contributed by atoms with Gasteiger partial charge in [-0.05, 0) is 37.2 Å². The van der Waals surface area contributed by atoms with Crippen molar-refractivity contribution in [1.82, 2.24) is 4.90 Å². The van der Waals surface area contributed by atoms with Crippen molar-refractivity contribution in [3.05, 3.63) is 35.4 Å². The van der Waals surface area contributed by atoms with Crippen molar-refractivity contribution in [1.29, 1.82) is 0 Å². The fourth-order valence-corrected chi connectivity index (χ4v) is 1.87. The van der Waals surface area contributed by atoms with Crippen molar-refractivity contribution in [3.8, 4) is 0 Å². The van der Waals surface area contributed by atoms with E-state index in [1.54, 1.807) is 24.3 Å². The summed E-state index contributed by atoms with van der Waals surface area (Å²) in [6.45, 7) is 7.58. The zero-order chi connectivity index (χ0) is 14.1. The van der Waals surface area contributed by atoms with Crippen molar-refractivity contribution < 1.29 is 14.6 Å². The summed E-state index contributed by atoms with van der Waals surface area (Å²) in [6, 6.07) is 6.88. The van der Waals surface area contributed by atoms with E-state index < -0.39 is 0 Å². The number of hydrogen-bond donors (Lipinski definition) is 1. The Balaban J connectivity index is 2.34. The lowest BCUT2D eigenvalue weighted by Crippen LogP contribution is -2.25. The summed E-state index contributed by atoms with van der Waals surface area (Å²) in [7, 11) is 0. The summed E-state index contributed by atoms with van der Waals surface area (Å²) in [5.41, 5.74) is 1.21. The van der Waals surface area contributed by atoms with Gasteiger partial charge in [-0.1, -0.05) is 26.0 Å². The van der Waals surface area contributed by atoms with E-state index in [4.69, 9.17) is 9.84 Å². The third-order valence-electron chi connectivity index (χ3n) is 3.09. The van der Waals surface area contributed by atoms with Crippen molar-refractivity contribution >= 4 is 5.97 Å². The number of ether oxygens (including phenoxy) is 1. The maximum Gasteiger partial charge on any atom is 0.338 e. The maximum atomic E-state index is 11.8. The van der Waals surface area contributed by atoms with Crippen molar-refractivity contribution in [2.75, 3.05) is 26.2 Å². The van der Waals surface area contributed by atoms with Gasteiger partial charge in [-0.2, -0.15) is 0 Å². The van der Waals surface area contributed by atoms with Crippen LogP contribution >= 0.6 is 0 Å². The van der Waals surface area contributed by atoms with Crippen molar-refractivity contribution in [2.45, 2.75) is 26.9 Å². The van der Waals surface area contributed by atoms with E-state index in [-0.39, 0.29) is 12.6 Å². The molecule has 0 aliphatic rings. The predicted molar refractivity (Wildman–Crippen MR) is 75.1 cm³/mol. The van der Waals surface area contributed by atoms with Gasteiger partial charge in [0, 0.05) is 6.54 Å². The Labute approximate surface area is 115 Å². The van der Waals surface area contributed by atoms with Gasteiger partial charge < -0.3 is 14.7 Å². The van der Waals surface area contributed by atoms with Crippen LogP contribution in [0.25, 0.3) is 0 Å². The molecule has 0 radical (unpaired) electrons. The summed E-state index contributed by atoms with van der Waals surface area (Å²) in [5.74, 6) is -0.324. The van der Waals surface area contributed by atoms with Crippen LogP contribution in [0.15, 0.2) is 24.3 Å². The minimum Gasteiger partial charge on any atom is -0.462 e. The highest BCUT2D eigenvalue weighted by Crippen LogP contribution is 2.07. The van der Waals surface area contributed by atoms with Gasteiger partial charge in [0.15, 0.2) is 0 Å². The zero-order valence-corrected chi connectivity index (χ0v) is 11.8. The molecular weight excluding hydrogens is 242 g/mol. The van der Waals surface area contributed by atoms with Crippen LogP contribution in [-0.2, 0) is 11.3 Å². The summed E-state index contributed by atoms with van der Waals surface area (Å²) >= 11 is 0. The normalized spacial score (nSPS) is 10.7. The topological polar surface area (TPSA) is 49.8 Å². The van der Waals surface area contributed by atoms with Gasteiger partial charge in [-0.25, -0.2) is 4.79 Å². The van der Waals surface area contributed by atoms with E-state index in [0.717, 1.165) is 31.6 Å². The van der Waals surface area contributed by atoms with Crippen LogP contribution < -0.4 is 0 Å². The first-order chi connectivity index (χ1) is 9.21. The smallest absolute Gasteiger partial charge is 0.338 e. The first kappa shape index (κ1) is 15.7. The number of carbonyl (C=O) groups excluding carboxylic acids is 1. The van der Waals surface area contributed by atoms with E-state index in [1.807, 2.05) is 0 Å². The molecule has 0 aromatic heterocycles. The van der Waals surface area contributed by atoms with E-state index in [1.165, 1.54) is 0 Å². The second kappa shape index (κ2) is 8.67. The summed E-state index contributed by atoms with van der Waals surface area (Å²) in [5, 5.41) is 9.02. The van der Waals surface area contributed by atoms with Gasteiger partial charge in [0.1, 0.15) is 0 Å². The lowest BCUT2D eigenvalue weighted by atomic mass is 10.1. The number of aliphatic hydroxyl groups excluding tert-OH is 1. The molecule has 4 heteroatoms. The number of rotatable bonds is 8. The van der Waals surface area contributed by atoms with Crippen LogP contribution in [-0.4, -0.2) is 42.2 Å². The molecular formula is C15H23NO3. The number of aliphatic hydroxyl groups is 1. The standard InChI is InChI=1S/C15H23NO3/c1-3-16(4-2)9-6-10-19-15(18)14-8-5-7-13(11-14)12-17/h5,7-8,11,17H,3-4,6,9-10,12H2,1-2H3. The fraction of sp³-hybridized carbons (Fsp3) is 0.533. The average Bonchev–Trinajstić information content (AvgIpc) is 2.47. The average molecular weight is 265 g/mol. The first-order valence-corrected chi connectivity index (χ1v) is 6.80. The lowest BCUT2D eigenvalue weighted by molar-refractivity contribution is 0.0489. The Morgan fingerprint density at radius 1 is 1.32 bits per heavy atom. The van der Waals surface area contributed by atoms with Gasteiger partial charge in [-0.3, -0.25) is 0 Å². The van der Waals surface area contributed by atoms with Crippen LogP contribution in [0.2, 0.25) is 0 Å². The van der Waals surface area contributed by atoms with Gasteiger partial charge in [0.25, 0.3) is 0 Å². The molecule has 0 aliphatic heterocycles. The van der Waals surface area contributed by atoms with Crippen LogP contribution in [0, 0.1) is 0 Å². The molecule has 0 atom stereocenters. The zero-order valence-electron chi connectivity index (χ0n) is 11.8. The second-order valence-electron chi connectivity index (χ2n) is 4.37. The molecule has 106 valence electrons. The second-order valence-corrected chi connectivity index (χ2v) is 4.37. The molecule has 0 bridgehead atoms. The summed E-state index contributed by atoms with van der Waals surface area (Å²) in [4.78, 5) is 14.1. The fourth-order valence-electron chi connectivity index (χ4n) is 1.87. The number of esters is 1. The lowest BCUT2D eigenvalue weighted by Gasteiger charge is -2.17. The molecule has 0 saturated heterocycles. The molecule has 0 aliphatic carbocycles. The Morgan fingerprint density at radius 2 is 2.05 bits per heavy atom. The van der Waals surface area contributed by atoms with Crippen LogP contribution in [0.5, 0.6) is 0 Å². The molecule has 19 heavy (non-hydrogen) atoms. The quantitative estimate of drug-likeness (QED) is 0.577. The molecule has 4 nitrogen and oxygen atoms in total. The van der Waals surface area contributed by atoms with E-state index >= 15 is 0 Å². The van der Waals surface area contributed by atoms with Gasteiger partial charge >= 0.3 is 5.97 Å². The molecule has 0 amide bonds. The molecule has 0 fully saturated rings. The summed E-state index contributed by atoms with van der Waals surface area (Å²) in [6.07, 6.45) is 0.840. The highest BCUT2D eigenvalue weighted by molar-refractivity contribution is 5.89. The number of hydrogen-bond acceptors (Lipinski definition) is 4. The van der Waals surface area contributed by atoms with Gasteiger partial charge in [0.2, 0.25) is 0 Å². The molecule has 0 heterocycles. The molecule has 0 unspecified atom stereocenters. The SMILES string of the molecule is CCN(CC)CCCOC(=O)c1cccc(CO)c1. The minimum atomic E-state index is -0.324. The Hall–Kier alpha value is -1.39. The molecule has 1 aromatic rings. The number of benzene rings is 1. The van der Waals surface area contributed by atoms with E-state index in [9.17, 15) is 4.79 Å². The molecule has 1 rings (SSSR count). The molecule has 1 aromatic carbocycles. The number of carbonyl (C=O) groups is 1. The predicted octanol–water partition coefficient (Wildman–Crippen LogP) is 2.07. The third-order valence-corrected chi connectivity index (χ3v) is 3.09. The van der Waals surface area contributed by atoms with E-state index in [2.05, 4.69) is 18.7 Å². The first-order valence-electron chi connectivity index (χ1n) is 6.80. The van der Waals surface area contributed by atoms with Crippen LogP contribution in [0.3, 0.4) is 0 Å². The summed E-state index contributed by atoms with van der Waals surface area (Å²) < 4.78 is 5.22. The third kappa shape index (κ3) is 5.41. The largest absolute Gasteiger partial charge is 0.462 e. The Bertz CT molecular complexity index is 389.